The zero-order chi connectivity index (χ0) is 23.6. The van der Waals surface area contributed by atoms with Crippen LogP contribution in [0, 0.1) is 11.8 Å². The van der Waals surface area contributed by atoms with E-state index >= 15 is 0 Å². The van der Waals surface area contributed by atoms with E-state index in [1.165, 1.54) is 37.7 Å². The molecule has 5 N–H and O–H groups in total. The third-order valence-electron chi connectivity index (χ3n) is 8.40. The lowest BCUT2D eigenvalue weighted by molar-refractivity contribution is 0.135. The molecule has 10 heteroatoms. The molecule has 35 heavy (non-hydrogen) atoms. The molecule has 4 atom stereocenters. The van der Waals surface area contributed by atoms with Crippen LogP contribution < -0.4 is 26.8 Å². The smallest absolute Gasteiger partial charge is 0.215 e. The number of hydrogen-bond acceptors (Lipinski definition) is 10. The second-order valence-electron chi connectivity index (χ2n) is 10.3. The average Bonchev–Trinajstić information content (AvgIpc) is 3.68. The van der Waals surface area contributed by atoms with Crippen LogP contribution >= 0.6 is 11.3 Å². The lowest BCUT2D eigenvalue weighted by Crippen LogP contribution is -2.53. The van der Waals surface area contributed by atoms with Gasteiger partial charge in [0.1, 0.15) is 6.33 Å². The maximum atomic E-state index is 6.68. The van der Waals surface area contributed by atoms with E-state index in [2.05, 4.69) is 42.3 Å². The van der Waals surface area contributed by atoms with Crippen LogP contribution in [0.5, 0.6) is 0 Å². The molecule has 2 aromatic heterocycles. The number of hydrogen-bond donors (Lipinski definition) is 3. The first kappa shape index (κ1) is 21.5. The van der Waals surface area contributed by atoms with Gasteiger partial charge in [-0.15, -0.1) is 11.3 Å². The Morgan fingerprint density at radius 2 is 1.83 bits per heavy atom. The molecule has 182 valence electrons. The molecule has 2 aliphatic heterocycles. The molecule has 2 aliphatic carbocycles. The van der Waals surface area contributed by atoms with Gasteiger partial charge >= 0.3 is 0 Å². The van der Waals surface area contributed by atoms with Gasteiger partial charge in [0.2, 0.25) is 11.7 Å². The molecule has 2 bridgehead atoms. The van der Waals surface area contributed by atoms with Gasteiger partial charge in [-0.1, -0.05) is 18.6 Å². The summed E-state index contributed by atoms with van der Waals surface area (Å²) in [6, 6.07) is 11.2. The molecule has 4 unspecified atom stereocenters. The number of aliphatic imine (C=N–C) groups is 1. The number of nitrogens with one attached hydrogen (secondary N) is 1. The molecule has 1 saturated heterocycles. The Morgan fingerprint density at radius 3 is 2.57 bits per heavy atom. The number of nitrogens with zero attached hydrogens (tertiary/aromatic N) is 6. The van der Waals surface area contributed by atoms with Crippen LogP contribution in [0.25, 0.3) is 10.2 Å². The molecule has 2 saturated carbocycles. The number of benzene rings is 1. The molecule has 7 rings (SSSR count). The van der Waals surface area contributed by atoms with Crippen LogP contribution in [0.15, 0.2) is 47.0 Å². The SMILES string of the molecule is NC1=NC(N)(c2ccc(N3CCN(C4CC5CCC4C5)CC3)cc2)NN1c1ncnc2ccsc12. The van der Waals surface area contributed by atoms with E-state index in [0.717, 1.165) is 59.8 Å². The lowest BCUT2D eigenvalue weighted by Gasteiger charge is -2.42. The van der Waals surface area contributed by atoms with E-state index in [9.17, 15) is 0 Å². The largest absolute Gasteiger partial charge is 0.369 e. The minimum absolute atomic E-state index is 0.279. The van der Waals surface area contributed by atoms with Crippen molar-refractivity contribution in [1.82, 2.24) is 20.3 Å². The van der Waals surface area contributed by atoms with E-state index in [-0.39, 0.29) is 5.96 Å². The number of thiophene rings is 1. The first-order chi connectivity index (χ1) is 17.1. The van der Waals surface area contributed by atoms with Crippen molar-refractivity contribution in [2.45, 2.75) is 37.5 Å². The summed E-state index contributed by atoms with van der Waals surface area (Å²) in [4.78, 5) is 18.5. The number of rotatable bonds is 4. The molecule has 0 radical (unpaired) electrons. The minimum Gasteiger partial charge on any atom is -0.369 e. The lowest BCUT2D eigenvalue weighted by atomic mass is 9.93. The molecule has 3 fully saturated rings. The van der Waals surface area contributed by atoms with E-state index in [4.69, 9.17) is 11.5 Å². The Labute approximate surface area is 208 Å². The molecule has 0 spiro atoms. The number of guanidine groups is 1. The van der Waals surface area contributed by atoms with Gasteiger partial charge in [0.05, 0.1) is 10.2 Å². The van der Waals surface area contributed by atoms with Gasteiger partial charge in [-0.05, 0) is 54.7 Å². The number of aromatic nitrogens is 2. The Hall–Kier alpha value is -2.79. The Bertz CT molecular complexity index is 1270. The van der Waals surface area contributed by atoms with Crippen molar-refractivity contribution in [2.24, 2.45) is 28.3 Å². The summed E-state index contributed by atoms with van der Waals surface area (Å²) in [5.41, 5.74) is 19.2. The van der Waals surface area contributed by atoms with Gasteiger partial charge in [-0.2, -0.15) is 5.43 Å². The summed E-state index contributed by atoms with van der Waals surface area (Å²) < 4.78 is 0.933. The van der Waals surface area contributed by atoms with Crippen LogP contribution in [0.1, 0.15) is 31.2 Å². The predicted molar refractivity (Wildman–Crippen MR) is 140 cm³/mol. The number of anilines is 2. The van der Waals surface area contributed by atoms with E-state index < -0.39 is 5.79 Å². The monoisotopic (exact) mass is 489 g/mol. The highest BCUT2D eigenvalue weighted by atomic mass is 32.1. The summed E-state index contributed by atoms with van der Waals surface area (Å²) in [6.45, 7) is 4.46. The van der Waals surface area contributed by atoms with Gasteiger partial charge in [0.15, 0.2) is 5.82 Å². The highest BCUT2D eigenvalue weighted by molar-refractivity contribution is 7.17. The fraction of sp³-hybridized carbons (Fsp3) is 0.480. The van der Waals surface area contributed by atoms with E-state index in [1.54, 1.807) is 16.3 Å². The molecule has 0 amide bonds. The summed E-state index contributed by atoms with van der Waals surface area (Å²) in [7, 11) is 0. The van der Waals surface area contributed by atoms with Crippen LogP contribution in [-0.2, 0) is 5.79 Å². The zero-order valence-electron chi connectivity index (χ0n) is 19.7. The summed E-state index contributed by atoms with van der Waals surface area (Å²) in [6.07, 6.45) is 7.35. The highest BCUT2D eigenvalue weighted by Gasteiger charge is 2.43. The first-order valence-electron chi connectivity index (χ1n) is 12.6. The maximum absolute atomic E-state index is 6.68. The van der Waals surface area contributed by atoms with Crippen molar-refractivity contribution in [1.29, 1.82) is 0 Å². The summed E-state index contributed by atoms with van der Waals surface area (Å²) in [5.74, 6) is 1.74. The first-order valence-corrected chi connectivity index (χ1v) is 13.5. The second-order valence-corrected chi connectivity index (χ2v) is 11.2. The van der Waals surface area contributed by atoms with Crippen LogP contribution in [0.4, 0.5) is 11.5 Å². The zero-order valence-corrected chi connectivity index (χ0v) is 20.5. The Kier molecular flexibility index (Phi) is 4.99. The molecule has 4 aliphatic rings. The van der Waals surface area contributed by atoms with Gasteiger partial charge < -0.3 is 10.6 Å². The number of nitrogens with two attached hydrogens (primary N) is 2. The van der Waals surface area contributed by atoms with Crippen LogP contribution in [-0.4, -0.2) is 53.0 Å². The molecule has 1 aromatic carbocycles. The van der Waals surface area contributed by atoms with Gasteiger partial charge in [0.25, 0.3) is 0 Å². The predicted octanol–water partition coefficient (Wildman–Crippen LogP) is 2.41. The second kappa shape index (κ2) is 8.12. The van der Waals surface area contributed by atoms with Gasteiger partial charge in [-0.3, -0.25) is 10.6 Å². The fourth-order valence-electron chi connectivity index (χ4n) is 6.61. The van der Waals surface area contributed by atoms with Crippen molar-refractivity contribution in [2.75, 3.05) is 36.1 Å². The van der Waals surface area contributed by atoms with Crippen LogP contribution in [0.3, 0.4) is 0 Å². The fourth-order valence-corrected chi connectivity index (χ4v) is 7.43. The van der Waals surface area contributed by atoms with Crippen molar-refractivity contribution < 1.29 is 0 Å². The third-order valence-corrected chi connectivity index (χ3v) is 9.29. The van der Waals surface area contributed by atoms with Crippen molar-refractivity contribution in [3.8, 4) is 0 Å². The molecular weight excluding hydrogens is 458 g/mol. The topological polar surface area (TPSA) is 112 Å². The van der Waals surface area contributed by atoms with Gasteiger partial charge in [-0.25, -0.2) is 20.0 Å². The third kappa shape index (κ3) is 3.58. The summed E-state index contributed by atoms with van der Waals surface area (Å²) >= 11 is 1.56. The standard InChI is InChI=1S/C25H31N9S/c26-24-30-25(27,31-34(24)23-22-20(7-12-35-22)28-15-29-23)18-3-5-19(6-4-18)32-8-10-33(11-9-32)21-14-16-1-2-17(21)13-16/h3-7,12,15-17,21,31H,1-2,8-11,13-14,27H2,(H2,26,30). The number of hydrazine groups is 1. The molecule has 4 heterocycles. The highest BCUT2D eigenvalue weighted by Crippen LogP contribution is 2.46. The minimum atomic E-state index is -1.16. The van der Waals surface area contributed by atoms with Crippen molar-refractivity contribution in [3.63, 3.8) is 0 Å². The number of piperazine rings is 1. The van der Waals surface area contributed by atoms with E-state index in [0.29, 0.717) is 5.82 Å². The normalized spacial score (nSPS) is 31.0. The average molecular weight is 490 g/mol. The number of fused-ring (bicyclic) bond motifs is 3. The van der Waals surface area contributed by atoms with E-state index in [1.807, 2.05) is 23.6 Å². The Balaban J connectivity index is 1.04. The molecule has 9 nitrogen and oxygen atoms in total. The Morgan fingerprint density at radius 1 is 1.00 bits per heavy atom. The van der Waals surface area contributed by atoms with Crippen LogP contribution in [0.2, 0.25) is 0 Å². The molecular formula is C25H31N9S. The summed E-state index contributed by atoms with van der Waals surface area (Å²) in [5, 5.41) is 3.64. The quantitative estimate of drug-likeness (QED) is 0.512. The van der Waals surface area contributed by atoms with Crippen molar-refractivity contribution in [3.05, 3.63) is 47.6 Å². The van der Waals surface area contributed by atoms with Crippen molar-refractivity contribution >= 4 is 39.0 Å². The van der Waals surface area contributed by atoms with Gasteiger partial charge in [0, 0.05) is 43.5 Å². The molecule has 3 aromatic rings. The maximum Gasteiger partial charge on any atom is 0.215 e.